The molecular formula is C19H23N7O4. The van der Waals surface area contributed by atoms with Crippen LogP contribution in [0.2, 0.25) is 0 Å². The number of piperidine rings is 1. The van der Waals surface area contributed by atoms with Gasteiger partial charge in [-0.15, -0.1) is 0 Å². The quantitative estimate of drug-likeness (QED) is 0.655. The Morgan fingerprint density at radius 1 is 1.23 bits per heavy atom. The summed E-state index contributed by atoms with van der Waals surface area (Å²) in [5.74, 6) is -0.0362. The van der Waals surface area contributed by atoms with E-state index in [1.165, 1.54) is 6.20 Å². The molecule has 0 aromatic carbocycles. The predicted octanol–water partition coefficient (Wildman–Crippen LogP) is -0.358. The molecule has 2 fully saturated rings. The van der Waals surface area contributed by atoms with Crippen molar-refractivity contribution in [3.05, 3.63) is 28.3 Å². The highest BCUT2D eigenvalue weighted by Crippen LogP contribution is 2.27. The molecular weight excluding hydrogens is 390 g/mol. The summed E-state index contributed by atoms with van der Waals surface area (Å²) in [5.41, 5.74) is 1.14. The molecule has 0 spiro atoms. The first kappa shape index (κ1) is 19.8. The van der Waals surface area contributed by atoms with Gasteiger partial charge >= 0.3 is 6.03 Å². The van der Waals surface area contributed by atoms with Crippen molar-refractivity contribution in [2.75, 3.05) is 45.2 Å². The van der Waals surface area contributed by atoms with Crippen molar-refractivity contribution in [3.63, 3.8) is 0 Å². The Balaban J connectivity index is 1.45. The molecule has 0 saturated carbocycles. The van der Waals surface area contributed by atoms with E-state index >= 15 is 0 Å². The van der Waals surface area contributed by atoms with Crippen molar-refractivity contribution in [1.29, 1.82) is 0 Å². The number of hydrogen-bond donors (Lipinski definition) is 2. The van der Waals surface area contributed by atoms with E-state index in [2.05, 4.69) is 20.3 Å². The summed E-state index contributed by atoms with van der Waals surface area (Å²) in [6.45, 7) is 0.662. The molecule has 2 aliphatic heterocycles. The Kier molecular flexibility index (Phi) is 5.10. The molecule has 4 rings (SSSR count). The Morgan fingerprint density at radius 2 is 1.97 bits per heavy atom. The summed E-state index contributed by atoms with van der Waals surface area (Å²) >= 11 is 0. The molecule has 2 aromatic rings. The van der Waals surface area contributed by atoms with Gasteiger partial charge in [0.1, 0.15) is 6.54 Å². The van der Waals surface area contributed by atoms with Gasteiger partial charge in [-0.25, -0.2) is 14.8 Å². The number of carbonyl (C=O) groups is 3. The molecule has 30 heavy (non-hydrogen) atoms. The summed E-state index contributed by atoms with van der Waals surface area (Å²) in [4.78, 5) is 64.2. The second kappa shape index (κ2) is 7.73. The van der Waals surface area contributed by atoms with Crippen LogP contribution in [0.5, 0.6) is 0 Å². The molecule has 2 aliphatic rings. The highest BCUT2D eigenvalue weighted by Gasteiger charge is 2.33. The number of likely N-dealkylation sites (tertiary alicyclic amines) is 1. The molecule has 4 heterocycles. The van der Waals surface area contributed by atoms with Crippen LogP contribution in [0.4, 0.5) is 10.7 Å². The van der Waals surface area contributed by atoms with Gasteiger partial charge in [-0.1, -0.05) is 0 Å². The zero-order valence-corrected chi connectivity index (χ0v) is 16.8. The number of rotatable bonds is 4. The second-order valence-electron chi connectivity index (χ2n) is 7.71. The average molecular weight is 413 g/mol. The maximum absolute atomic E-state index is 12.5. The van der Waals surface area contributed by atoms with E-state index in [1.54, 1.807) is 9.80 Å². The van der Waals surface area contributed by atoms with Gasteiger partial charge in [0.05, 0.1) is 17.4 Å². The van der Waals surface area contributed by atoms with Gasteiger partial charge in [0.25, 0.3) is 11.5 Å². The maximum Gasteiger partial charge on any atom is 0.325 e. The fourth-order valence-electron chi connectivity index (χ4n) is 3.78. The zero-order chi connectivity index (χ0) is 21.4. The number of anilines is 1. The van der Waals surface area contributed by atoms with Gasteiger partial charge in [0.15, 0.2) is 0 Å². The van der Waals surface area contributed by atoms with Crippen LogP contribution in [-0.4, -0.2) is 82.9 Å². The number of imide groups is 1. The first-order chi connectivity index (χ1) is 14.3. The molecule has 158 valence electrons. The van der Waals surface area contributed by atoms with E-state index in [-0.39, 0.29) is 30.5 Å². The van der Waals surface area contributed by atoms with Crippen molar-refractivity contribution < 1.29 is 14.4 Å². The van der Waals surface area contributed by atoms with Gasteiger partial charge in [-0.05, 0) is 18.9 Å². The van der Waals surface area contributed by atoms with Crippen LogP contribution in [0.3, 0.4) is 0 Å². The SMILES string of the molecule is CN(C)c1ncc2c(=O)[nH]c(C3CCN(C(=O)CN4C(=O)CNC4=O)CC3)cc2n1. The topological polar surface area (TPSA) is 132 Å². The number of pyridine rings is 1. The number of aromatic nitrogens is 3. The zero-order valence-electron chi connectivity index (χ0n) is 16.8. The van der Waals surface area contributed by atoms with Crippen LogP contribution in [0.25, 0.3) is 10.9 Å². The number of fused-ring (bicyclic) bond motifs is 1. The van der Waals surface area contributed by atoms with Gasteiger partial charge in [-0.3, -0.25) is 19.3 Å². The third-order valence-electron chi connectivity index (χ3n) is 5.52. The lowest BCUT2D eigenvalue weighted by atomic mass is 9.92. The Labute approximate surface area is 172 Å². The molecule has 11 nitrogen and oxygen atoms in total. The largest absolute Gasteiger partial charge is 0.347 e. The first-order valence-corrected chi connectivity index (χ1v) is 9.76. The van der Waals surface area contributed by atoms with E-state index in [0.717, 1.165) is 10.6 Å². The molecule has 0 atom stereocenters. The van der Waals surface area contributed by atoms with Crippen LogP contribution in [0.1, 0.15) is 24.5 Å². The van der Waals surface area contributed by atoms with Crippen molar-refractivity contribution in [2.45, 2.75) is 18.8 Å². The molecule has 11 heteroatoms. The lowest BCUT2D eigenvalue weighted by molar-refractivity contribution is -0.137. The monoisotopic (exact) mass is 413 g/mol. The van der Waals surface area contributed by atoms with E-state index in [0.29, 0.717) is 42.8 Å². The number of nitrogens with one attached hydrogen (secondary N) is 2. The minimum absolute atomic E-state index is 0.0669. The lowest BCUT2D eigenvalue weighted by Crippen LogP contribution is -2.45. The summed E-state index contributed by atoms with van der Waals surface area (Å²) in [6, 6.07) is 1.34. The molecule has 2 aromatic heterocycles. The molecule has 0 aliphatic carbocycles. The third-order valence-corrected chi connectivity index (χ3v) is 5.52. The third kappa shape index (κ3) is 3.70. The summed E-state index contributed by atoms with van der Waals surface area (Å²) in [5, 5.41) is 2.84. The van der Waals surface area contributed by atoms with Crippen LogP contribution >= 0.6 is 0 Å². The molecule has 0 unspecified atom stereocenters. The van der Waals surface area contributed by atoms with Crippen LogP contribution < -0.4 is 15.8 Å². The van der Waals surface area contributed by atoms with E-state index < -0.39 is 11.9 Å². The predicted molar refractivity (Wildman–Crippen MR) is 108 cm³/mol. The van der Waals surface area contributed by atoms with Crippen molar-refractivity contribution >= 4 is 34.7 Å². The number of aromatic amines is 1. The van der Waals surface area contributed by atoms with Crippen LogP contribution in [0, 0.1) is 0 Å². The number of hydrogen-bond acceptors (Lipinski definition) is 7. The number of nitrogens with zero attached hydrogens (tertiary/aromatic N) is 5. The van der Waals surface area contributed by atoms with Crippen LogP contribution in [0.15, 0.2) is 17.1 Å². The highest BCUT2D eigenvalue weighted by atomic mass is 16.2. The standard InChI is InChI=1S/C19H23N7O4/c1-24(2)18-20-8-12-14(23-18)7-13(22-17(12)29)11-3-5-25(6-4-11)16(28)10-26-15(27)9-21-19(26)30/h7-8,11H,3-6,9-10H2,1-2H3,(H,21,30)(H,22,29). The van der Waals surface area contributed by atoms with E-state index in [4.69, 9.17) is 0 Å². The van der Waals surface area contributed by atoms with Crippen LogP contribution in [-0.2, 0) is 9.59 Å². The number of H-pyrrole nitrogens is 1. The second-order valence-corrected chi connectivity index (χ2v) is 7.71. The number of amides is 4. The highest BCUT2D eigenvalue weighted by molar-refractivity contribution is 6.04. The molecule has 4 amide bonds. The average Bonchev–Trinajstić information content (AvgIpc) is 3.05. The Morgan fingerprint density at radius 3 is 2.60 bits per heavy atom. The maximum atomic E-state index is 12.5. The van der Waals surface area contributed by atoms with Crippen molar-refractivity contribution in [2.24, 2.45) is 0 Å². The van der Waals surface area contributed by atoms with Gasteiger partial charge in [0, 0.05) is 45.0 Å². The van der Waals surface area contributed by atoms with Gasteiger partial charge in [-0.2, -0.15) is 0 Å². The molecule has 2 N–H and O–H groups in total. The minimum atomic E-state index is -0.531. The molecule has 2 saturated heterocycles. The number of urea groups is 1. The molecule has 0 bridgehead atoms. The smallest absolute Gasteiger partial charge is 0.325 e. The minimum Gasteiger partial charge on any atom is -0.347 e. The first-order valence-electron chi connectivity index (χ1n) is 9.76. The Bertz CT molecular complexity index is 1060. The van der Waals surface area contributed by atoms with E-state index in [1.807, 2.05) is 20.2 Å². The summed E-state index contributed by atoms with van der Waals surface area (Å²) < 4.78 is 0. The van der Waals surface area contributed by atoms with Gasteiger partial charge < -0.3 is 20.1 Å². The molecule has 0 radical (unpaired) electrons. The Hall–Kier alpha value is -3.50. The van der Waals surface area contributed by atoms with Crippen molar-refractivity contribution in [1.82, 2.24) is 30.1 Å². The van der Waals surface area contributed by atoms with Crippen molar-refractivity contribution in [3.8, 4) is 0 Å². The lowest BCUT2D eigenvalue weighted by Gasteiger charge is -2.32. The fourth-order valence-corrected chi connectivity index (χ4v) is 3.78. The summed E-state index contributed by atoms with van der Waals surface area (Å²) in [6.07, 6.45) is 2.86. The fraction of sp³-hybridized carbons (Fsp3) is 0.474. The van der Waals surface area contributed by atoms with Gasteiger partial charge in [0.2, 0.25) is 11.9 Å². The normalized spacial score (nSPS) is 17.5. The summed E-state index contributed by atoms with van der Waals surface area (Å²) in [7, 11) is 3.67. The number of carbonyl (C=O) groups excluding carboxylic acids is 3. The van der Waals surface area contributed by atoms with E-state index in [9.17, 15) is 19.2 Å².